The van der Waals surface area contributed by atoms with Crippen molar-refractivity contribution in [3.63, 3.8) is 0 Å². The van der Waals surface area contributed by atoms with Crippen LogP contribution in [-0.4, -0.2) is 0 Å². The molecule has 1 aliphatic carbocycles. The molecule has 0 aromatic heterocycles. The fourth-order valence-corrected chi connectivity index (χ4v) is 6.87. The number of para-hydroxylation sites is 1. The summed E-state index contributed by atoms with van der Waals surface area (Å²) in [6.45, 7) is 0. The zero-order valence-electron chi connectivity index (χ0n) is 27.4. The van der Waals surface area contributed by atoms with Crippen LogP contribution >= 0.6 is 0 Å². The van der Waals surface area contributed by atoms with E-state index >= 15 is 0 Å². The molecular formula is C48H37N. The molecule has 0 fully saturated rings. The van der Waals surface area contributed by atoms with Crippen LogP contribution in [-0.2, 0) is 0 Å². The van der Waals surface area contributed by atoms with Crippen LogP contribution in [0.25, 0.3) is 44.5 Å². The molecule has 0 N–H and O–H groups in total. The zero-order valence-corrected chi connectivity index (χ0v) is 27.4. The van der Waals surface area contributed by atoms with Gasteiger partial charge in [-0.3, -0.25) is 0 Å². The summed E-state index contributed by atoms with van der Waals surface area (Å²) >= 11 is 0. The zero-order chi connectivity index (χ0) is 32.8. The normalized spacial score (nSPS) is 12.6. The first kappa shape index (κ1) is 30.2. The SMILES string of the molecule is C1=C(c2ccccc2)CCC(c2ccc(-c3ccc(N(c4ccccc4)c4ccc(-c5ccccc5)cc4)cc3-c3ccccc3)cc2)=C1. The topological polar surface area (TPSA) is 3.24 Å². The largest absolute Gasteiger partial charge is 0.310 e. The number of anilines is 3. The molecule has 0 atom stereocenters. The molecule has 0 spiro atoms. The molecule has 1 nitrogen and oxygen atoms in total. The average molecular weight is 628 g/mol. The minimum absolute atomic E-state index is 1.05. The Morgan fingerprint density at radius 1 is 0.286 bits per heavy atom. The van der Waals surface area contributed by atoms with Gasteiger partial charge in [0.25, 0.3) is 0 Å². The number of hydrogen-bond acceptors (Lipinski definition) is 1. The summed E-state index contributed by atoms with van der Waals surface area (Å²) in [6, 6.07) is 67.6. The van der Waals surface area contributed by atoms with Crippen molar-refractivity contribution in [1.82, 2.24) is 0 Å². The highest BCUT2D eigenvalue weighted by molar-refractivity contribution is 5.89. The van der Waals surface area contributed by atoms with Gasteiger partial charge in [0.15, 0.2) is 0 Å². The number of hydrogen-bond donors (Lipinski definition) is 0. The Hall–Kier alpha value is -6.18. The maximum atomic E-state index is 2.35. The third-order valence-electron chi connectivity index (χ3n) is 9.45. The Labute approximate surface area is 289 Å². The van der Waals surface area contributed by atoms with Crippen LogP contribution in [0.2, 0.25) is 0 Å². The summed E-state index contributed by atoms with van der Waals surface area (Å²) in [4.78, 5) is 2.35. The van der Waals surface area contributed by atoms with E-state index in [1.165, 1.54) is 55.7 Å². The highest BCUT2D eigenvalue weighted by atomic mass is 15.1. The fraction of sp³-hybridized carbons (Fsp3) is 0.0417. The molecule has 0 heterocycles. The molecule has 7 aromatic rings. The van der Waals surface area contributed by atoms with Crippen molar-refractivity contribution in [1.29, 1.82) is 0 Å². The Morgan fingerprint density at radius 3 is 1.24 bits per heavy atom. The van der Waals surface area contributed by atoms with Crippen molar-refractivity contribution in [3.05, 3.63) is 211 Å². The van der Waals surface area contributed by atoms with Crippen LogP contribution in [0, 0.1) is 0 Å². The lowest BCUT2D eigenvalue weighted by Crippen LogP contribution is -2.10. The van der Waals surface area contributed by atoms with Gasteiger partial charge in [-0.2, -0.15) is 0 Å². The molecule has 8 rings (SSSR count). The number of allylic oxidation sites excluding steroid dienone is 4. The summed E-state index contributed by atoms with van der Waals surface area (Å²) in [5.74, 6) is 0. The predicted octanol–water partition coefficient (Wildman–Crippen LogP) is 13.4. The van der Waals surface area contributed by atoms with Gasteiger partial charge in [0.2, 0.25) is 0 Å². The van der Waals surface area contributed by atoms with Gasteiger partial charge in [-0.25, -0.2) is 0 Å². The summed E-state index contributed by atoms with van der Waals surface area (Å²) < 4.78 is 0. The highest BCUT2D eigenvalue weighted by Gasteiger charge is 2.17. The van der Waals surface area contributed by atoms with E-state index in [1.54, 1.807) is 0 Å². The Kier molecular flexibility index (Phi) is 8.56. The molecule has 0 bridgehead atoms. The van der Waals surface area contributed by atoms with Gasteiger partial charge in [0.05, 0.1) is 0 Å². The maximum absolute atomic E-state index is 2.35. The Balaban J connectivity index is 1.16. The van der Waals surface area contributed by atoms with Crippen LogP contribution in [0.1, 0.15) is 24.0 Å². The highest BCUT2D eigenvalue weighted by Crippen LogP contribution is 2.41. The summed E-state index contributed by atoms with van der Waals surface area (Å²) in [6.07, 6.45) is 6.70. The minimum atomic E-state index is 1.05. The van der Waals surface area contributed by atoms with Gasteiger partial charge < -0.3 is 4.90 Å². The van der Waals surface area contributed by atoms with Crippen molar-refractivity contribution < 1.29 is 0 Å². The summed E-state index contributed by atoms with van der Waals surface area (Å²) in [5.41, 5.74) is 16.0. The molecule has 1 heteroatoms. The monoisotopic (exact) mass is 627 g/mol. The molecule has 1 aliphatic rings. The molecule has 0 saturated carbocycles. The van der Waals surface area contributed by atoms with E-state index in [1.807, 2.05) is 0 Å². The summed E-state index contributed by atoms with van der Waals surface area (Å²) in [7, 11) is 0. The second-order valence-corrected chi connectivity index (χ2v) is 12.5. The molecule has 234 valence electrons. The van der Waals surface area contributed by atoms with Gasteiger partial charge in [0.1, 0.15) is 0 Å². The molecular weight excluding hydrogens is 591 g/mol. The standard InChI is InChI=1S/C48H37N/c1-5-13-36(14-6-1)38-21-23-39(24-22-38)40-25-27-43(28-26-40)47-34-33-46(35-48(47)42-17-9-3-10-18-42)49(44-19-11-4-12-20-44)45-31-29-41(30-32-45)37-15-7-2-8-16-37/h1-21,23,25-35H,22,24H2. The van der Waals surface area contributed by atoms with Gasteiger partial charge >= 0.3 is 0 Å². The summed E-state index contributed by atoms with van der Waals surface area (Å²) in [5, 5.41) is 0. The van der Waals surface area contributed by atoms with Crippen LogP contribution in [0.4, 0.5) is 17.1 Å². The van der Waals surface area contributed by atoms with Crippen LogP contribution in [0.15, 0.2) is 200 Å². The Bertz CT molecular complexity index is 2210. The third-order valence-corrected chi connectivity index (χ3v) is 9.45. The van der Waals surface area contributed by atoms with E-state index in [9.17, 15) is 0 Å². The van der Waals surface area contributed by atoms with E-state index < -0.39 is 0 Å². The molecule has 0 saturated heterocycles. The molecule has 0 radical (unpaired) electrons. The smallest absolute Gasteiger partial charge is 0.0468 e. The van der Waals surface area contributed by atoms with Crippen LogP contribution in [0.5, 0.6) is 0 Å². The van der Waals surface area contributed by atoms with E-state index in [0.717, 1.165) is 29.9 Å². The van der Waals surface area contributed by atoms with Gasteiger partial charge in [-0.1, -0.05) is 164 Å². The lowest BCUT2D eigenvalue weighted by molar-refractivity contribution is 1.07. The third kappa shape index (κ3) is 6.52. The first-order chi connectivity index (χ1) is 24.3. The van der Waals surface area contributed by atoms with Crippen molar-refractivity contribution in [2.75, 3.05) is 4.90 Å². The Morgan fingerprint density at radius 2 is 0.673 bits per heavy atom. The second kappa shape index (κ2) is 13.9. The van der Waals surface area contributed by atoms with E-state index in [2.05, 4.69) is 205 Å². The van der Waals surface area contributed by atoms with Gasteiger partial charge in [-0.15, -0.1) is 0 Å². The first-order valence-electron chi connectivity index (χ1n) is 17.1. The number of benzene rings is 7. The van der Waals surface area contributed by atoms with E-state index in [-0.39, 0.29) is 0 Å². The van der Waals surface area contributed by atoms with Crippen molar-refractivity contribution in [3.8, 4) is 33.4 Å². The maximum Gasteiger partial charge on any atom is 0.0468 e. The van der Waals surface area contributed by atoms with Crippen molar-refractivity contribution in [2.45, 2.75) is 12.8 Å². The van der Waals surface area contributed by atoms with Crippen molar-refractivity contribution in [2.24, 2.45) is 0 Å². The molecule has 49 heavy (non-hydrogen) atoms. The lowest BCUT2D eigenvalue weighted by Gasteiger charge is -2.27. The number of rotatable bonds is 8. The predicted molar refractivity (Wildman–Crippen MR) is 209 cm³/mol. The quantitative estimate of drug-likeness (QED) is 0.162. The lowest BCUT2D eigenvalue weighted by atomic mass is 9.88. The van der Waals surface area contributed by atoms with Crippen molar-refractivity contribution >= 4 is 28.2 Å². The fourth-order valence-electron chi connectivity index (χ4n) is 6.87. The average Bonchev–Trinajstić information content (AvgIpc) is 3.20. The van der Waals surface area contributed by atoms with Crippen LogP contribution < -0.4 is 4.90 Å². The second-order valence-electron chi connectivity index (χ2n) is 12.5. The van der Waals surface area contributed by atoms with E-state index in [4.69, 9.17) is 0 Å². The molecule has 7 aromatic carbocycles. The minimum Gasteiger partial charge on any atom is -0.310 e. The molecule has 0 unspecified atom stereocenters. The van der Waals surface area contributed by atoms with Gasteiger partial charge in [-0.05, 0) is 105 Å². The molecule has 0 aliphatic heterocycles. The van der Waals surface area contributed by atoms with E-state index in [0.29, 0.717) is 0 Å². The van der Waals surface area contributed by atoms with Gasteiger partial charge in [0, 0.05) is 17.1 Å². The first-order valence-corrected chi connectivity index (χ1v) is 17.1. The molecule has 0 amide bonds. The van der Waals surface area contributed by atoms with Crippen LogP contribution in [0.3, 0.4) is 0 Å². The number of nitrogens with zero attached hydrogens (tertiary/aromatic N) is 1.